The van der Waals surface area contributed by atoms with Gasteiger partial charge < -0.3 is 0 Å². The number of aromatic nitrogens is 2. The van der Waals surface area contributed by atoms with Crippen LogP contribution in [0.2, 0.25) is 0 Å². The van der Waals surface area contributed by atoms with Crippen molar-refractivity contribution in [2.45, 2.75) is 12.3 Å². The lowest BCUT2D eigenvalue weighted by Gasteiger charge is -2.10. The molecule has 0 aliphatic rings. The second-order valence-corrected chi connectivity index (χ2v) is 6.61. The van der Waals surface area contributed by atoms with Gasteiger partial charge in [-0.25, -0.2) is 4.98 Å². The van der Waals surface area contributed by atoms with Gasteiger partial charge in [0.1, 0.15) is 5.82 Å². The van der Waals surface area contributed by atoms with Crippen LogP contribution in [0.5, 0.6) is 0 Å². The number of nitrogens with zero attached hydrogens (tertiary/aromatic N) is 3. The molecule has 0 aliphatic carbocycles. The standard InChI is InChI=1S/C16H11ClIN3/c1-10(17)16-20-14-7-2-11(9-19)8-15(14)21(16)13-5-3-12(18)4-6-13/h2-8,10H,1H3. The van der Waals surface area contributed by atoms with Gasteiger partial charge in [0.05, 0.1) is 28.0 Å². The molecule has 1 heterocycles. The van der Waals surface area contributed by atoms with E-state index in [0.29, 0.717) is 5.56 Å². The van der Waals surface area contributed by atoms with Crippen molar-refractivity contribution in [1.29, 1.82) is 5.26 Å². The van der Waals surface area contributed by atoms with Crippen LogP contribution in [0.25, 0.3) is 16.7 Å². The maximum atomic E-state index is 9.10. The van der Waals surface area contributed by atoms with Gasteiger partial charge in [0, 0.05) is 9.26 Å². The third kappa shape index (κ3) is 2.63. The molecular weight excluding hydrogens is 397 g/mol. The van der Waals surface area contributed by atoms with Gasteiger partial charge in [0.25, 0.3) is 0 Å². The molecule has 3 aromatic rings. The van der Waals surface area contributed by atoms with E-state index >= 15 is 0 Å². The first kappa shape index (κ1) is 14.4. The number of halogens is 2. The summed E-state index contributed by atoms with van der Waals surface area (Å²) in [6, 6.07) is 15.8. The molecule has 0 saturated heterocycles. The van der Waals surface area contributed by atoms with Gasteiger partial charge in [-0.05, 0) is 72.0 Å². The highest BCUT2D eigenvalue weighted by molar-refractivity contribution is 14.1. The molecule has 0 saturated carbocycles. The molecule has 0 spiro atoms. The van der Waals surface area contributed by atoms with E-state index in [1.807, 2.05) is 47.9 Å². The number of fused-ring (bicyclic) bond motifs is 1. The average molecular weight is 408 g/mol. The molecule has 0 radical (unpaired) electrons. The fourth-order valence-corrected chi connectivity index (χ4v) is 2.80. The Bertz CT molecular complexity index is 844. The quantitative estimate of drug-likeness (QED) is 0.452. The Hall–Kier alpha value is -1.58. The van der Waals surface area contributed by atoms with Gasteiger partial charge in [-0.1, -0.05) is 0 Å². The summed E-state index contributed by atoms with van der Waals surface area (Å²) >= 11 is 8.56. The van der Waals surface area contributed by atoms with Gasteiger partial charge in [-0.2, -0.15) is 5.26 Å². The van der Waals surface area contributed by atoms with Crippen LogP contribution in [0, 0.1) is 14.9 Å². The van der Waals surface area contributed by atoms with Crippen LogP contribution in [0.3, 0.4) is 0 Å². The molecule has 0 amide bonds. The smallest absolute Gasteiger partial charge is 0.132 e. The number of benzene rings is 2. The summed E-state index contributed by atoms with van der Waals surface area (Å²) in [6.45, 7) is 1.90. The highest BCUT2D eigenvalue weighted by atomic mass is 127. The predicted molar refractivity (Wildman–Crippen MR) is 92.8 cm³/mol. The molecule has 0 N–H and O–H groups in total. The van der Waals surface area contributed by atoms with Gasteiger partial charge >= 0.3 is 0 Å². The molecule has 21 heavy (non-hydrogen) atoms. The average Bonchev–Trinajstić information content (AvgIpc) is 2.86. The number of imidazole rings is 1. The van der Waals surface area contributed by atoms with Crippen LogP contribution in [-0.4, -0.2) is 9.55 Å². The van der Waals surface area contributed by atoms with E-state index in [1.165, 1.54) is 3.57 Å². The minimum atomic E-state index is -0.220. The summed E-state index contributed by atoms with van der Waals surface area (Å²) in [5, 5.41) is 8.88. The van der Waals surface area contributed by atoms with Crippen LogP contribution in [0.15, 0.2) is 42.5 Å². The zero-order chi connectivity index (χ0) is 15.0. The summed E-state index contributed by atoms with van der Waals surface area (Å²) in [5.41, 5.74) is 3.35. The zero-order valence-corrected chi connectivity index (χ0v) is 14.1. The molecule has 0 bridgehead atoms. The fraction of sp³-hybridized carbons (Fsp3) is 0.125. The van der Waals surface area contributed by atoms with Gasteiger partial charge in [-0.3, -0.25) is 4.57 Å². The largest absolute Gasteiger partial charge is 0.295 e. The first-order valence-electron chi connectivity index (χ1n) is 6.42. The zero-order valence-electron chi connectivity index (χ0n) is 11.2. The monoisotopic (exact) mass is 407 g/mol. The summed E-state index contributed by atoms with van der Waals surface area (Å²) in [4.78, 5) is 4.61. The summed E-state index contributed by atoms with van der Waals surface area (Å²) in [6.07, 6.45) is 0. The molecule has 1 atom stereocenters. The van der Waals surface area contributed by atoms with Crippen LogP contribution in [0.4, 0.5) is 0 Å². The van der Waals surface area contributed by atoms with E-state index < -0.39 is 0 Å². The minimum Gasteiger partial charge on any atom is -0.295 e. The van der Waals surface area contributed by atoms with Crippen molar-refractivity contribution in [3.8, 4) is 11.8 Å². The molecule has 5 heteroatoms. The Labute approximate surface area is 141 Å². The number of hydrogen-bond acceptors (Lipinski definition) is 2. The third-order valence-corrected chi connectivity index (χ3v) is 4.16. The highest BCUT2D eigenvalue weighted by Gasteiger charge is 2.16. The van der Waals surface area contributed by atoms with E-state index in [0.717, 1.165) is 22.5 Å². The second kappa shape index (κ2) is 5.66. The van der Waals surface area contributed by atoms with Gasteiger partial charge in [0.15, 0.2) is 0 Å². The Balaban J connectivity index is 2.34. The van der Waals surface area contributed by atoms with Crippen molar-refractivity contribution in [2.24, 2.45) is 0 Å². The summed E-state index contributed by atoms with van der Waals surface area (Å²) in [7, 11) is 0. The Morgan fingerprint density at radius 3 is 2.57 bits per heavy atom. The Morgan fingerprint density at radius 2 is 1.95 bits per heavy atom. The number of hydrogen-bond donors (Lipinski definition) is 0. The first-order valence-corrected chi connectivity index (χ1v) is 7.94. The van der Waals surface area contributed by atoms with Crippen LogP contribution >= 0.6 is 34.2 Å². The molecular formula is C16H11ClIN3. The summed E-state index contributed by atoms with van der Waals surface area (Å²) < 4.78 is 3.18. The molecule has 0 fully saturated rings. The Kier molecular flexibility index (Phi) is 3.87. The minimum absolute atomic E-state index is 0.220. The van der Waals surface area contributed by atoms with Crippen LogP contribution < -0.4 is 0 Å². The van der Waals surface area contributed by atoms with E-state index in [-0.39, 0.29) is 5.38 Å². The lowest BCUT2D eigenvalue weighted by molar-refractivity contribution is 0.882. The number of nitriles is 1. The maximum Gasteiger partial charge on any atom is 0.132 e. The third-order valence-electron chi connectivity index (χ3n) is 3.25. The van der Waals surface area contributed by atoms with Crippen LogP contribution in [-0.2, 0) is 0 Å². The normalized spacial score (nSPS) is 12.3. The van der Waals surface area contributed by atoms with Gasteiger partial charge in [0.2, 0.25) is 0 Å². The molecule has 3 rings (SSSR count). The molecule has 1 unspecified atom stereocenters. The lowest BCUT2D eigenvalue weighted by Crippen LogP contribution is -2.01. The second-order valence-electron chi connectivity index (χ2n) is 4.71. The molecule has 3 nitrogen and oxygen atoms in total. The highest BCUT2D eigenvalue weighted by Crippen LogP contribution is 2.29. The van der Waals surface area contributed by atoms with Crippen molar-refractivity contribution in [3.05, 3.63) is 57.4 Å². The van der Waals surface area contributed by atoms with Gasteiger partial charge in [-0.15, -0.1) is 11.6 Å². The van der Waals surface area contributed by atoms with Crippen molar-refractivity contribution in [3.63, 3.8) is 0 Å². The van der Waals surface area contributed by atoms with E-state index in [9.17, 15) is 0 Å². The molecule has 1 aromatic heterocycles. The van der Waals surface area contributed by atoms with E-state index in [1.54, 1.807) is 6.07 Å². The van der Waals surface area contributed by atoms with Crippen LogP contribution in [0.1, 0.15) is 23.7 Å². The first-order chi connectivity index (χ1) is 10.1. The van der Waals surface area contributed by atoms with Crippen molar-refractivity contribution in [1.82, 2.24) is 9.55 Å². The Morgan fingerprint density at radius 1 is 1.24 bits per heavy atom. The SMILES string of the molecule is CC(Cl)c1nc2ccc(C#N)cc2n1-c1ccc(I)cc1. The molecule has 2 aromatic carbocycles. The van der Waals surface area contributed by atoms with Crippen molar-refractivity contribution < 1.29 is 0 Å². The summed E-state index contributed by atoms with van der Waals surface area (Å²) in [5.74, 6) is 0.781. The number of rotatable bonds is 2. The molecule has 104 valence electrons. The predicted octanol–water partition coefficient (Wildman–Crippen LogP) is 4.80. The maximum absolute atomic E-state index is 9.10. The van der Waals surface area contributed by atoms with Crippen molar-refractivity contribution >= 4 is 45.2 Å². The number of alkyl halides is 1. The van der Waals surface area contributed by atoms with E-state index in [2.05, 4.69) is 33.6 Å². The van der Waals surface area contributed by atoms with E-state index in [4.69, 9.17) is 16.9 Å². The topological polar surface area (TPSA) is 41.6 Å². The molecule has 0 aliphatic heterocycles. The van der Waals surface area contributed by atoms with Crippen molar-refractivity contribution in [2.75, 3.05) is 0 Å². The fourth-order valence-electron chi connectivity index (χ4n) is 2.29. The lowest BCUT2D eigenvalue weighted by atomic mass is 10.2.